The highest BCUT2D eigenvalue weighted by Crippen LogP contribution is 2.30. The van der Waals surface area contributed by atoms with Gasteiger partial charge in [-0.1, -0.05) is 36.9 Å². The number of hydrogen-bond donors (Lipinski definition) is 0. The summed E-state index contributed by atoms with van der Waals surface area (Å²) in [7, 11) is 0. The molecule has 2 aromatic carbocycles. The molecule has 0 saturated carbocycles. The molecule has 0 N–H and O–H groups in total. The van der Waals surface area contributed by atoms with Crippen LogP contribution in [0.15, 0.2) is 55.1 Å². The van der Waals surface area contributed by atoms with Gasteiger partial charge in [-0.2, -0.15) is 0 Å². The van der Waals surface area contributed by atoms with Crippen LogP contribution in [0.4, 0.5) is 0 Å². The van der Waals surface area contributed by atoms with Gasteiger partial charge in [0, 0.05) is 19.4 Å². The lowest BCUT2D eigenvalue weighted by Crippen LogP contribution is -2.13. The van der Waals surface area contributed by atoms with Gasteiger partial charge < -0.3 is 14.2 Å². The van der Waals surface area contributed by atoms with Crippen molar-refractivity contribution in [1.82, 2.24) is 0 Å². The number of benzene rings is 2. The van der Waals surface area contributed by atoms with Crippen molar-refractivity contribution in [2.45, 2.75) is 13.8 Å². The van der Waals surface area contributed by atoms with Gasteiger partial charge >= 0.3 is 17.9 Å². The largest absolute Gasteiger partial charge is 0.426 e. The van der Waals surface area contributed by atoms with E-state index in [1.807, 2.05) is 0 Å². The van der Waals surface area contributed by atoms with E-state index in [1.54, 1.807) is 36.4 Å². The SMILES string of the molecule is C=C(C(=O)Oc1ccccc1OC(C)=O)c1ccccc1OC(C)=O. The van der Waals surface area contributed by atoms with Crippen LogP contribution in [0.5, 0.6) is 17.2 Å². The second kappa shape index (κ2) is 7.92. The van der Waals surface area contributed by atoms with Crippen LogP contribution in [0.1, 0.15) is 19.4 Å². The molecule has 2 rings (SSSR count). The normalized spacial score (nSPS) is 9.84. The third-order valence-corrected chi connectivity index (χ3v) is 3.02. The number of rotatable bonds is 5. The Labute approximate surface area is 144 Å². The average Bonchev–Trinajstić information content (AvgIpc) is 2.55. The third kappa shape index (κ3) is 4.78. The van der Waals surface area contributed by atoms with Crippen molar-refractivity contribution < 1.29 is 28.6 Å². The van der Waals surface area contributed by atoms with Gasteiger partial charge in [-0.3, -0.25) is 9.59 Å². The molecule has 0 atom stereocenters. The molecule has 128 valence electrons. The Hall–Kier alpha value is -3.41. The molecule has 0 aromatic heterocycles. The van der Waals surface area contributed by atoms with E-state index in [9.17, 15) is 14.4 Å². The van der Waals surface area contributed by atoms with Gasteiger partial charge in [-0.05, 0) is 18.2 Å². The molecular formula is C19H16O6. The summed E-state index contributed by atoms with van der Waals surface area (Å²) in [4.78, 5) is 34.7. The molecular weight excluding hydrogens is 324 g/mol. The van der Waals surface area contributed by atoms with Crippen LogP contribution < -0.4 is 14.2 Å². The van der Waals surface area contributed by atoms with Crippen molar-refractivity contribution >= 4 is 23.5 Å². The van der Waals surface area contributed by atoms with Crippen LogP contribution in [-0.2, 0) is 14.4 Å². The van der Waals surface area contributed by atoms with Gasteiger partial charge in [0.25, 0.3) is 0 Å². The zero-order valence-corrected chi connectivity index (χ0v) is 13.8. The predicted octanol–water partition coefficient (Wildman–Crippen LogP) is 3.16. The number of hydrogen-bond acceptors (Lipinski definition) is 6. The summed E-state index contributed by atoms with van der Waals surface area (Å²) in [5.41, 5.74) is 0.321. The molecule has 0 aliphatic heterocycles. The molecule has 0 saturated heterocycles. The van der Waals surface area contributed by atoms with Crippen LogP contribution in [0.25, 0.3) is 5.57 Å². The van der Waals surface area contributed by atoms with E-state index >= 15 is 0 Å². The molecule has 0 fully saturated rings. The molecule has 0 radical (unpaired) electrons. The van der Waals surface area contributed by atoms with Crippen molar-refractivity contribution in [2.75, 3.05) is 0 Å². The first-order valence-corrected chi connectivity index (χ1v) is 7.35. The van der Waals surface area contributed by atoms with E-state index in [-0.39, 0.29) is 22.8 Å². The minimum Gasteiger partial charge on any atom is -0.426 e. The van der Waals surface area contributed by atoms with Gasteiger partial charge in [0.1, 0.15) is 5.75 Å². The highest BCUT2D eigenvalue weighted by atomic mass is 16.6. The van der Waals surface area contributed by atoms with E-state index in [4.69, 9.17) is 14.2 Å². The summed E-state index contributed by atoms with van der Waals surface area (Å²) in [5.74, 6) is -1.43. The third-order valence-electron chi connectivity index (χ3n) is 3.02. The Morgan fingerprint density at radius 2 is 1.16 bits per heavy atom. The Bertz CT molecular complexity index is 837. The van der Waals surface area contributed by atoms with E-state index < -0.39 is 17.9 Å². The number of esters is 3. The zero-order valence-electron chi connectivity index (χ0n) is 13.8. The Balaban J connectivity index is 2.24. The molecule has 6 heteroatoms. The number of ether oxygens (including phenoxy) is 3. The minimum atomic E-state index is -0.765. The maximum Gasteiger partial charge on any atom is 0.343 e. The van der Waals surface area contributed by atoms with Crippen molar-refractivity contribution in [1.29, 1.82) is 0 Å². The molecule has 25 heavy (non-hydrogen) atoms. The second-order valence-electron chi connectivity index (χ2n) is 5.00. The van der Waals surface area contributed by atoms with Crippen molar-refractivity contribution in [2.24, 2.45) is 0 Å². The second-order valence-corrected chi connectivity index (χ2v) is 5.00. The highest BCUT2D eigenvalue weighted by molar-refractivity contribution is 6.17. The first-order chi connectivity index (χ1) is 11.9. The molecule has 0 bridgehead atoms. The molecule has 0 aliphatic carbocycles. The van der Waals surface area contributed by atoms with E-state index in [1.165, 1.54) is 26.0 Å². The summed E-state index contributed by atoms with van der Waals surface area (Å²) in [5, 5.41) is 0. The Morgan fingerprint density at radius 3 is 1.72 bits per heavy atom. The fourth-order valence-electron chi connectivity index (χ4n) is 2.00. The van der Waals surface area contributed by atoms with Gasteiger partial charge in [-0.25, -0.2) is 4.79 Å². The number of para-hydroxylation sites is 3. The fourth-order valence-corrected chi connectivity index (χ4v) is 2.00. The van der Waals surface area contributed by atoms with Gasteiger partial charge in [-0.15, -0.1) is 0 Å². The summed E-state index contributed by atoms with van der Waals surface area (Å²) < 4.78 is 15.3. The topological polar surface area (TPSA) is 78.9 Å². The average molecular weight is 340 g/mol. The van der Waals surface area contributed by atoms with Gasteiger partial charge in [0.05, 0.1) is 5.57 Å². The quantitative estimate of drug-likeness (QED) is 0.473. The monoisotopic (exact) mass is 340 g/mol. The minimum absolute atomic E-state index is 0.00511. The first-order valence-electron chi connectivity index (χ1n) is 7.35. The number of carbonyl (C=O) groups is 3. The lowest BCUT2D eigenvalue weighted by Gasteiger charge is -2.12. The lowest BCUT2D eigenvalue weighted by molar-refractivity contribution is -0.133. The fraction of sp³-hybridized carbons (Fsp3) is 0.105. The van der Waals surface area contributed by atoms with E-state index in [0.29, 0.717) is 5.56 Å². The Kier molecular flexibility index (Phi) is 5.68. The lowest BCUT2D eigenvalue weighted by atomic mass is 10.1. The zero-order chi connectivity index (χ0) is 18.4. The molecule has 0 unspecified atom stereocenters. The van der Waals surface area contributed by atoms with Crippen molar-refractivity contribution in [3.63, 3.8) is 0 Å². The summed E-state index contributed by atoms with van der Waals surface area (Å²) >= 11 is 0. The maximum absolute atomic E-state index is 12.4. The summed E-state index contributed by atoms with van der Waals surface area (Å²) in [6.45, 7) is 6.21. The standard InChI is InChI=1S/C19H16O6/c1-12(15-8-4-5-9-16(15)23-13(2)20)19(22)25-18-11-7-6-10-17(18)24-14(3)21/h4-11H,1H2,2-3H3. The molecule has 0 aliphatic rings. The van der Waals surface area contributed by atoms with E-state index in [0.717, 1.165) is 0 Å². The van der Waals surface area contributed by atoms with Crippen LogP contribution in [0.2, 0.25) is 0 Å². The maximum atomic E-state index is 12.4. The molecule has 2 aromatic rings. The number of carbonyl (C=O) groups excluding carboxylic acids is 3. The van der Waals surface area contributed by atoms with Gasteiger partial charge in [0.15, 0.2) is 11.5 Å². The van der Waals surface area contributed by atoms with Crippen molar-refractivity contribution in [3.8, 4) is 17.2 Å². The smallest absolute Gasteiger partial charge is 0.343 e. The summed E-state index contributed by atoms with van der Waals surface area (Å²) in [6.07, 6.45) is 0. The van der Waals surface area contributed by atoms with Crippen LogP contribution in [0, 0.1) is 0 Å². The van der Waals surface area contributed by atoms with Crippen molar-refractivity contribution in [3.05, 3.63) is 60.7 Å². The molecule has 0 spiro atoms. The van der Waals surface area contributed by atoms with Gasteiger partial charge in [0.2, 0.25) is 0 Å². The summed E-state index contributed by atoms with van der Waals surface area (Å²) in [6, 6.07) is 12.7. The van der Waals surface area contributed by atoms with Crippen LogP contribution in [-0.4, -0.2) is 17.9 Å². The first kappa shape index (κ1) is 17.9. The Morgan fingerprint density at radius 1 is 0.720 bits per heavy atom. The highest BCUT2D eigenvalue weighted by Gasteiger charge is 2.19. The molecule has 0 heterocycles. The van der Waals surface area contributed by atoms with Crippen LogP contribution in [0.3, 0.4) is 0 Å². The molecule has 6 nitrogen and oxygen atoms in total. The predicted molar refractivity (Wildman–Crippen MR) is 90.2 cm³/mol. The van der Waals surface area contributed by atoms with Crippen LogP contribution >= 0.6 is 0 Å². The van der Waals surface area contributed by atoms with E-state index in [2.05, 4.69) is 6.58 Å². The molecule has 0 amide bonds.